The second-order valence-corrected chi connectivity index (χ2v) is 7.04. The van der Waals surface area contributed by atoms with Crippen LogP contribution in [-0.4, -0.2) is 15.7 Å². The zero-order valence-electron chi connectivity index (χ0n) is 16.0. The average molecular weight is 444 g/mol. The van der Waals surface area contributed by atoms with Crippen LogP contribution in [0.3, 0.4) is 0 Å². The number of anilines is 1. The van der Waals surface area contributed by atoms with Crippen molar-refractivity contribution in [1.29, 1.82) is 0 Å². The lowest BCUT2D eigenvalue weighted by atomic mass is 10.2. The highest BCUT2D eigenvalue weighted by molar-refractivity contribution is 6.32. The summed E-state index contributed by atoms with van der Waals surface area (Å²) in [4.78, 5) is 12.4. The van der Waals surface area contributed by atoms with Gasteiger partial charge in [0.2, 0.25) is 0 Å². The summed E-state index contributed by atoms with van der Waals surface area (Å²) in [7, 11) is 0. The van der Waals surface area contributed by atoms with E-state index in [2.05, 4.69) is 10.4 Å². The van der Waals surface area contributed by atoms with Gasteiger partial charge in [0, 0.05) is 6.20 Å². The van der Waals surface area contributed by atoms with Crippen molar-refractivity contribution in [2.45, 2.75) is 13.2 Å². The van der Waals surface area contributed by atoms with Gasteiger partial charge < -0.3 is 14.5 Å². The molecule has 158 valence electrons. The lowest BCUT2D eigenvalue weighted by Crippen LogP contribution is -2.10. The van der Waals surface area contributed by atoms with Crippen molar-refractivity contribution in [2.75, 3.05) is 5.32 Å². The van der Waals surface area contributed by atoms with E-state index in [0.717, 1.165) is 11.6 Å². The van der Waals surface area contributed by atoms with E-state index >= 15 is 0 Å². The second kappa shape index (κ2) is 9.01. The minimum atomic E-state index is -0.463. The third-order valence-corrected chi connectivity index (χ3v) is 4.59. The van der Waals surface area contributed by atoms with Crippen molar-refractivity contribution in [1.82, 2.24) is 9.78 Å². The highest BCUT2D eigenvalue weighted by Crippen LogP contribution is 2.26. The van der Waals surface area contributed by atoms with Crippen LogP contribution < -0.4 is 10.1 Å². The fraction of sp³-hybridized carbons (Fsp3) is 0.0909. The van der Waals surface area contributed by atoms with E-state index in [1.54, 1.807) is 29.1 Å². The molecule has 0 fully saturated rings. The van der Waals surface area contributed by atoms with Gasteiger partial charge in [0.25, 0.3) is 5.91 Å². The molecule has 0 aliphatic carbocycles. The van der Waals surface area contributed by atoms with Crippen LogP contribution >= 0.6 is 11.6 Å². The van der Waals surface area contributed by atoms with Crippen molar-refractivity contribution in [3.8, 4) is 5.75 Å². The maximum absolute atomic E-state index is 13.1. The van der Waals surface area contributed by atoms with Crippen LogP contribution in [0.15, 0.2) is 71.4 Å². The molecule has 0 spiro atoms. The van der Waals surface area contributed by atoms with Crippen molar-refractivity contribution in [3.63, 3.8) is 0 Å². The van der Waals surface area contributed by atoms with Crippen LogP contribution in [0.25, 0.3) is 0 Å². The van der Waals surface area contributed by atoms with Crippen molar-refractivity contribution >= 4 is 23.2 Å². The van der Waals surface area contributed by atoms with Gasteiger partial charge in [-0.1, -0.05) is 23.7 Å². The number of carbonyl (C=O) groups excluding carboxylic acids is 1. The van der Waals surface area contributed by atoms with Crippen LogP contribution in [0, 0.1) is 11.6 Å². The quantitative estimate of drug-likeness (QED) is 0.421. The number of hydrogen-bond acceptors (Lipinski definition) is 4. The molecule has 0 aliphatic rings. The Morgan fingerprint density at radius 1 is 1.10 bits per heavy atom. The van der Waals surface area contributed by atoms with Gasteiger partial charge >= 0.3 is 0 Å². The Kier molecular flexibility index (Phi) is 5.99. The first-order valence-electron chi connectivity index (χ1n) is 9.21. The van der Waals surface area contributed by atoms with Gasteiger partial charge in [-0.05, 0) is 48.0 Å². The second-order valence-electron chi connectivity index (χ2n) is 6.64. The Morgan fingerprint density at radius 2 is 1.87 bits per heavy atom. The smallest absolute Gasteiger partial charge is 0.291 e. The summed E-state index contributed by atoms with van der Waals surface area (Å²) in [5, 5.41) is 7.02. The maximum atomic E-state index is 13.1. The predicted octanol–water partition coefficient (Wildman–Crippen LogP) is 5.29. The topological polar surface area (TPSA) is 69.3 Å². The molecule has 0 aliphatic heterocycles. The van der Waals surface area contributed by atoms with Gasteiger partial charge in [0.1, 0.15) is 29.8 Å². The fourth-order valence-electron chi connectivity index (χ4n) is 2.80. The van der Waals surface area contributed by atoms with Gasteiger partial charge in [-0.25, -0.2) is 8.78 Å². The van der Waals surface area contributed by atoms with Crippen LogP contribution in [0.5, 0.6) is 5.75 Å². The minimum Gasteiger partial charge on any atom is -0.484 e. The Balaban J connectivity index is 1.33. The number of aromatic nitrogens is 2. The van der Waals surface area contributed by atoms with E-state index in [-0.39, 0.29) is 23.2 Å². The van der Waals surface area contributed by atoms with E-state index in [9.17, 15) is 13.6 Å². The molecule has 0 atom stereocenters. The van der Waals surface area contributed by atoms with Crippen LogP contribution in [0.1, 0.15) is 21.9 Å². The highest BCUT2D eigenvalue weighted by atomic mass is 35.5. The molecule has 9 heteroatoms. The van der Waals surface area contributed by atoms with E-state index < -0.39 is 11.7 Å². The minimum absolute atomic E-state index is 0.0221. The van der Waals surface area contributed by atoms with E-state index in [4.69, 9.17) is 20.8 Å². The Labute approximate surface area is 181 Å². The predicted molar refractivity (Wildman–Crippen MR) is 110 cm³/mol. The Morgan fingerprint density at radius 3 is 2.65 bits per heavy atom. The number of halogens is 3. The number of ether oxygens (including phenoxy) is 1. The molecule has 0 radical (unpaired) electrons. The molecule has 2 aromatic heterocycles. The number of rotatable bonds is 7. The molecule has 4 rings (SSSR count). The number of nitrogens with one attached hydrogen (secondary N) is 1. The summed E-state index contributed by atoms with van der Waals surface area (Å²) in [5.74, 6) is -0.421. The summed E-state index contributed by atoms with van der Waals surface area (Å²) in [6.45, 7) is 0.457. The number of nitrogens with zero attached hydrogens (tertiary/aromatic N) is 2. The van der Waals surface area contributed by atoms with E-state index in [1.165, 1.54) is 36.5 Å². The van der Waals surface area contributed by atoms with Gasteiger partial charge in [-0.2, -0.15) is 5.10 Å². The number of benzene rings is 2. The van der Waals surface area contributed by atoms with E-state index in [0.29, 0.717) is 23.7 Å². The van der Waals surface area contributed by atoms with Gasteiger partial charge in [-0.15, -0.1) is 0 Å². The number of hydrogen-bond donors (Lipinski definition) is 1. The van der Waals surface area contributed by atoms with Crippen LogP contribution in [-0.2, 0) is 13.2 Å². The first-order valence-corrected chi connectivity index (χ1v) is 9.59. The zero-order chi connectivity index (χ0) is 21.8. The fourth-order valence-corrected chi connectivity index (χ4v) is 3.02. The van der Waals surface area contributed by atoms with Crippen molar-refractivity contribution < 1.29 is 22.7 Å². The summed E-state index contributed by atoms with van der Waals surface area (Å²) in [6.07, 6.45) is 3.16. The van der Waals surface area contributed by atoms with Crippen molar-refractivity contribution in [2.24, 2.45) is 0 Å². The van der Waals surface area contributed by atoms with Gasteiger partial charge in [-0.3, -0.25) is 9.48 Å². The first-order chi connectivity index (χ1) is 15.0. The zero-order valence-corrected chi connectivity index (χ0v) is 16.8. The first kappa shape index (κ1) is 20.6. The number of carbonyl (C=O) groups is 1. The third kappa shape index (κ3) is 5.29. The molecule has 0 saturated heterocycles. The Hall–Kier alpha value is -3.65. The molecule has 6 nitrogen and oxygen atoms in total. The molecule has 1 N–H and O–H groups in total. The molecule has 0 saturated carbocycles. The van der Waals surface area contributed by atoms with Gasteiger partial charge in [0.05, 0.1) is 23.5 Å². The normalized spacial score (nSPS) is 10.8. The summed E-state index contributed by atoms with van der Waals surface area (Å²) in [6, 6.07) is 13.0. The number of furan rings is 1. The lowest BCUT2D eigenvalue weighted by Gasteiger charge is -2.06. The highest BCUT2D eigenvalue weighted by Gasteiger charge is 2.13. The number of amides is 1. The molecule has 0 bridgehead atoms. The molecule has 0 unspecified atom stereocenters. The van der Waals surface area contributed by atoms with Gasteiger partial charge in [0.15, 0.2) is 5.76 Å². The summed E-state index contributed by atoms with van der Waals surface area (Å²) in [5.41, 5.74) is 1.36. The SMILES string of the molecule is O=C(Nc1cnn(Cc2ccc(F)cc2)c1)c1ccc(COc2ccc(F)cc2Cl)o1. The maximum Gasteiger partial charge on any atom is 0.291 e. The monoisotopic (exact) mass is 443 g/mol. The molecule has 2 heterocycles. The van der Waals surface area contributed by atoms with Crippen molar-refractivity contribution in [3.05, 3.63) is 101 Å². The summed E-state index contributed by atoms with van der Waals surface area (Å²) < 4.78 is 38.7. The van der Waals surface area contributed by atoms with Crippen LogP contribution in [0.2, 0.25) is 5.02 Å². The standard InChI is InChI=1S/C22H16ClF2N3O3/c23-19-9-16(25)5-7-20(19)30-13-18-6-8-21(31-18)22(29)27-17-10-26-28(12-17)11-14-1-3-15(24)4-2-14/h1-10,12H,11,13H2,(H,27,29). The third-order valence-electron chi connectivity index (χ3n) is 4.30. The largest absolute Gasteiger partial charge is 0.484 e. The Bertz CT molecular complexity index is 1200. The molecule has 4 aromatic rings. The molecular formula is C22H16ClF2N3O3. The molecule has 1 amide bonds. The molecule has 31 heavy (non-hydrogen) atoms. The van der Waals surface area contributed by atoms with E-state index in [1.807, 2.05) is 0 Å². The summed E-state index contributed by atoms with van der Waals surface area (Å²) >= 11 is 5.92. The molecule has 2 aromatic carbocycles. The lowest BCUT2D eigenvalue weighted by molar-refractivity contribution is 0.0992. The average Bonchev–Trinajstić information content (AvgIpc) is 3.39. The molecular weight excluding hydrogens is 428 g/mol. The van der Waals surface area contributed by atoms with Crippen LogP contribution in [0.4, 0.5) is 14.5 Å².